The fraction of sp³-hybridized carbons (Fsp3) is 0. The molecule has 1 heterocycles. The third-order valence-corrected chi connectivity index (χ3v) is 7.27. The van der Waals surface area contributed by atoms with Crippen LogP contribution in [0.1, 0.15) is 0 Å². The Balaban J connectivity index is 1.87. The summed E-state index contributed by atoms with van der Waals surface area (Å²) in [5.41, 5.74) is 0.916. The van der Waals surface area contributed by atoms with Gasteiger partial charge in [-0.05, 0) is 36.4 Å². The first-order valence-corrected chi connectivity index (χ1v) is 10.5. The average molecular weight is 492 g/mol. The third kappa shape index (κ3) is 3.43. The number of anilines is 2. The van der Waals surface area contributed by atoms with E-state index in [1.807, 2.05) is 12.1 Å². The van der Waals surface area contributed by atoms with Gasteiger partial charge in [0.1, 0.15) is 5.75 Å². The summed E-state index contributed by atoms with van der Waals surface area (Å²) in [5, 5.41) is 1.05. The van der Waals surface area contributed by atoms with Crippen LogP contribution in [-0.2, 0) is 0 Å². The molecule has 1 amide bonds. The molecule has 0 fully saturated rings. The van der Waals surface area contributed by atoms with Crippen LogP contribution >= 0.6 is 69.8 Å². The van der Waals surface area contributed by atoms with E-state index in [0.717, 1.165) is 4.90 Å². The van der Waals surface area contributed by atoms with Crippen LogP contribution in [0.4, 0.5) is 16.2 Å². The maximum Gasteiger partial charge on any atom is 0.424 e. The molecule has 0 N–H and O–H groups in total. The molecule has 0 saturated heterocycles. The molecule has 142 valence electrons. The molecule has 4 rings (SSSR count). The SMILES string of the molecule is O=C(Oc1ccc(Cl)cc1)N1c2ccccc2Sc2c(Cl)c(Cl)c(Cl)c(Cl)c21. The summed E-state index contributed by atoms with van der Waals surface area (Å²) >= 11 is 32.6. The normalized spacial score (nSPS) is 12.4. The standard InChI is InChI=1S/C19H8Cl5NO2S/c20-9-5-7-10(8-6-9)27-19(26)25-11-3-1-2-4-12(11)28-18-16(24)14(22)13(21)15(23)17(18)25/h1-8H. The number of nitrogens with zero attached hydrogens (tertiary/aromatic N) is 1. The second-order valence-corrected chi connectivity index (χ2v) is 8.66. The largest absolute Gasteiger partial charge is 0.424 e. The number of para-hydroxylation sites is 1. The highest BCUT2D eigenvalue weighted by Crippen LogP contribution is 2.57. The van der Waals surface area contributed by atoms with Crippen LogP contribution in [0.25, 0.3) is 0 Å². The Bertz CT molecular complexity index is 1100. The van der Waals surface area contributed by atoms with Gasteiger partial charge in [-0.3, -0.25) is 0 Å². The Morgan fingerprint density at radius 3 is 2.18 bits per heavy atom. The van der Waals surface area contributed by atoms with Crippen molar-refractivity contribution >= 4 is 87.2 Å². The van der Waals surface area contributed by atoms with Gasteiger partial charge in [0.2, 0.25) is 0 Å². The van der Waals surface area contributed by atoms with Gasteiger partial charge in [-0.25, -0.2) is 9.69 Å². The smallest absolute Gasteiger partial charge is 0.410 e. The van der Waals surface area contributed by atoms with Crippen molar-refractivity contribution in [1.29, 1.82) is 0 Å². The Morgan fingerprint density at radius 2 is 1.46 bits per heavy atom. The topological polar surface area (TPSA) is 29.5 Å². The summed E-state index contributed by atoms with van der Waals surface area (Å²) in [7, 11) is 0. The molecule has 0 radical (unpaired) electrons. The predicted molar refractivity (Wildman–Crippen MR) is 117 cm³/mol. The van der Waals surface area contributed by atoms with Gasteiger partial charge >= 0.3 is 6.09 Å². The average Bonchev–Trinajstić information content (AvgIpc) is 2.70. The van der Waals surface area contributed by atoms with Crippen molar-refractivity contribution in [2.75, 3.05) is 4.90 Å². The van der Waals surface area contributed by atoms with E-state index >= 15 is 0 Å². The molecule has 0 aromatic heterocycles. The number of amides is 1. The minimum atomic E-state index is -0.673. The highest BCUT2D eigenvalue weighted by molar-refractivity contribution is 8.00. The van der Waals surface area contributed by atoms with Crippen LogP contribution in [0.15, 0.2) is 58.3 Å². The lowest BCUT2D eigenvalue weighted by Gasteiger charge is -2.32. The van der Waals surface area contributed by atoms with E-state index in [1.54, 1.807) is 36.4 Å². The number of hydrogen-bond donors (Lipinski definition) is 0. The first-order valence-electron chi connectivity index (χ1n) is 7.79. The molecule has 9 heteroatoms. The second-order valence-electron chi connectivity index (χ2n) is 5.66. The minimum absolute atomic E-state index is 0.0661. The molecular weight excluding hydrogens is 484 g/mol. The van der Waals surface area contributed by atoms with Crippen LogP contribution in [0.3, 0.4) is 0 Å². The molecule has 1 aliphatic heterocycles. The zero-order chi connectivity index (χ0) is 20.0. The molecule has 0 bridgehead atoms. The van der Waals surface area contributed by atoms with E-state index in [1.165, 1.54) is 16.7 Å². The molecule has 0 saturated carbocycles. The molecule has 3 aromatic rings. The van der Waals surface area contributed by atoms with E-state index < -0.39 is 6.09 Å². The molecule has 0 unspecified atom stereocenters. The fourth-order valence-corrected chi connectivity index (χ4v) is 5.08. The van der Waals surface area contributed by atoms with Gasteiger partial charge in [0.15, 0.2) is 0 Å². The first kappa shape index (κ1) is 20.0. The number of ether oxygens (including phenoxy) is 1. The first-order chi connectivity index (χ1) is 13.4. The minimum Gasteiger partial charge on any atom is -0.410 e. The zero-order valence-corrected chi connectivity index (χ0v) is 18.3. The predicted octanol–water partition coefficient (Wildman–Crippen LogP) is 8.76. The van der Waals surface area contributed by atoms with Gasteiger partial charge in [-0.2, -0.15) is 0 Å². The van der Waals surface area contributed by atoms with Crippen LogP contribution in [0.5, 0.6) is 5.75 Å². The Morgan fingerprint density at radius 1 is 0.821 bits per heavy atom. The van der Waals surface area contributed by atoms with Crippen molar-refractivity contribution in [3.8, 4) is 5.75 Å². The molecule has 0 spiro atoms. The number of carbonyl (C=O) groups excluding carboxylic acids is 1. The molecule has 3 aromatic carbocycles. The molecule has 1 aliphatic rings. The fourth-order valence-electron chi connectivity index (χ4n) is 2.69. The second kappa shape index (κ2) is 7.86. The summed E-state index contributed by atoms with van der Waals surface area (Å²) in [5.74, 6) is 0.328. The van der Waals surface area contributed by atoms with Gasteiger partial charge in [0.25, 0.3) is 0 Å². The van der Waals surface area contributed by atoms with Crippen molar-refractivity contribution < 1.29 is 9.53 Å². The monoisotopic (exact) mass is 489 g/mol. The summed E-state index contributed by atoms with van der Waals surface area (Å²) in [6.07, 6.45) is -0.673. The zero-order valence-electron chi connectivity index (χ0n) is 13.7. The van der Waals surface area contributed by atoms with Crippen LogP contribution in [-0.4, -0.2) is 6.09 Å². The molecule has 0 atom stereocenters. The molecular formula is C19H8Cl5NO2S. The van der Waals surface area contributed by atoms with Crippen molar-refractivity contribution in [1.82, 2.24) is 0 Å². The number of carbonyl (C=O) groups is 1. The Kier molecular flexibility index (Phi) is 5.62. The third-order valence-electron chi connectivity index (χ3n) is 3.94. The summed E-state index contributed by atoms with van der Waals surface area (Å²) in [4.78, 5) is 15.8. The lowest BCUT2D eigenvalue weighted by atomic mass is 10.2. The van der Waals surface area contributed by atoms with Crippen LogP contribution in [0.2, 0.25) is 25.1 Å². The van der Waals surface area contributed by atoms with Crippen molar-refractivity contribution in [2.24, 2.45) is 0 Å². The number of rotatable bonds is 1. The Hall–Kier alpha value is -1.27. The highest BCUT2D eigenvalue weighted by atomic mass is 35.5. The number of fused-ring (bicyclic) bond motifs is 2. The lowest BCUT2D eigenvalue weighted by Crippen LogP contribution is -2.31. The van der Waals surface area contributed by atoms with Crippen LogP contribution in [0, 0.1) is 0 Å². The molecule has 3 nitrogen and oxygen atoms in total. The highest BCUT2D eigenvalue weighted by Gasteiger charge is 2.35. The van der Waals surface area contributed by atoms with Gasteiger partial charge in [0, 0.05) is 9.92 Å². The summed E-state index contributed by atoms with van der Waals surface area (Å²) < 4.78 is 5.53. The van der Waals surface area contributed by atoms with E-state index in [0.29, 0.717) is 27.0 Å². The van der Waals surface area contributed by atoms with Crippen molar-refractivity contribution in [2.45, 2.75) is 9.79 Å². The molecule has 28 heavy (non-hydrogen) atoms. The van der Waals surface area contributed by atoms with Crippen molar-refractivity contribution in [3.05, 3.63) is 73.6 Å². The summed E-state index contributed by atoms with van der Waals surface area (Å²) in [6, 6.07) is 13.7. The molecule has 0 aliphatic carbocycles. The van der Waals surface area contributed by atoms with Gasteiger partial charge < -0.3 is 4.74 Å². The van der Waals surface area contributed by atoms with Crippen LogP contribution < -0.4 is 9.64 Å². The summed E-state index contributed by atoms with van der Waals surface area (Å²) in [6.45, 7) is 0. The van der Waals surface area contributed by atoms with Gasteiger partial charge in [0.05, 0.1) is 36.4 Å². The van der Waals surface area contributed by atoms with E-state index in [2.05, 4.69) is 0 Å². The maximum atomic E-state index is 13.1. The van der Waals surface area contributed by atoms with E-state index in [-0.39, 0.29) is 20.1 Å². The van der Waals surface area contributed by atoms with E-state index in [9.17, 15) is 4.79 Å². The number of benzene rings is 3. The number of hydrogen-bond acceptors (Lipinski definition) is 3. The van der Waals surface area contributed by atoms with Crippen molar-refractivity contribution in [3.63, 3.8) is 0 Å². The quantitative estimate of drug-likeness (QED) is 0.252. The lowest BCUT2D eigenvalue weighted by molar-refractivity contribution is 0.210. The van der Waals surface area contributed by atoms with Gasteiger partial charge in [-0.1, -0.05) is 81.9 Å². The van der Waals surface area contributed by atoms with E-state index in [4.69, 9.17) is 62.7 Å². The Labute approximate surface area is 190 Å². The van der Waals surface area contributed by atoms with Gasteiger partial charge in [-0.15, -0.1) is 0 Å². The maximum absolute atomic E-state index is 13.1. The number of halogens is 5.